The minimum atomic E-state index is -3.63. The summed E-state index contributed by atoms with van der Waals surface area (Å²) >= 11 is 3.27. The summed E-state index contributed by atoms with van der Waals surface area (Å²) < 4.78 is 52.3. The van der Waals surface area contributed by atoms with Crippen molar-refractivity contribution in [2.24, 2.45) is 5.92 Å². The van der Waals surface area contributed by atoms with Crippen LogP contribution in [0.15, 0.2) is 27.6 Å². The fraction of sp³-hybridized carbons (Fsp3) is 0.500. The van der Waals surface area contributed by atoms with Crippen LogP contribution in [0, 0.1) is 12.8 Å². The quantitative estimate of drug-likeness (QED) is 0.903. The molecule has 1 aliphatic carbocycles. The highest BCUT2D eigenvalue weighted by molar-refractivity contribution is 9.10. The van der Waals surface area contributed by atoms with Gasteiger partial charge in [0, 0.05) is 23.9 Å². The van der Waals surface area contributed by atoms with Crippen LogP contribution >= 0.6 is 15.9 Å². The highest BCUT2D eigenvalue weighted by Gasteiger charge is 2.45. The van der Waals surface area contributed by atoms with Crippen LogP contribution in [0.4, 0.5) is 8.78 Å². The molecule has 2 rings (SSSR count). The first-order chi connectivity index (χ1) is 8.70. The summed E-state index contributed by atoms with van der Waals surface area (Å²) in [5.41, 5.74) is 0.928. The zero-order chi connectivity index (χ0) is 14.3. The number of sulfonamides is 1. The maximum atomic E-state index is 12.6. The van der Waals surface area contributed by atoms with E-state index in [0.717, 1.165) is 5.56 Å². The van der Waals surface area contributed by atoms with Gasteiger partial charge in [-0.15, -0.1) is 0 Å². The van der Waals surface area contributed by atoms with Gasteiger partial charge in [-0.05, 0) is 30.5 Å². The molecular formula is C12H14BrF2NO2S. The van der Waals surface area contributed by atoms with Crippen molar-refractivity contribution in [1.29, 1.82) is 0 Å². The number of alkyl halides is 2. The van der Waals surface area contributed by atoms with Crippen LogP contribution in [0.3, 0.4) is 0 Å². The van der Waals surface area contributed by atoms with E-state index in [1.54, 1.807) is 6.07 Å². The van der Waals surface area contributed by atoms with E-state index in [0.29, 0.717) is 4.47 Å². The lowest BCUT2D eigenvalue weighted by Crippen LogP contribution is -2.42. The lowest BCUT2D eigenvalue weighted by molar-refractivity contribution is -0.108. The Hall–Kier alpha value is -0.530. The van der Waals surface area contributed by atoms with Gasteiger partial charge in [-0.2, -0.15) is 0 Å². The van der Waals surface area contributed by atoms with Crippen molar-refractivity contribution >= 4 is 26.0 Å². The van der Waals surface area contributed by atoms with Gasteiger partial charge in [-0.25, -0.2) is 21.9 Å². The van der Waals surface area contributed by atoms with Gasteiger partial charge in [0.1, 0.15) is 0 Å². The number of benzene rings is 1. The molecule has 1 N–H and O–H groups in total. The topological polar surface area (TPSA) is 46.2 Å². The predicted octanol–water partition coefficient (Wildman–Crippen LogP) is 3.08. The highest BCUT2D eigenvalue weighted by Crippen LogP contribution is 2.41. The van der Waals surface area contributed by atoms with Gasteiger partial charge in [0.05, 0.1) is 4.90 Å². The fourth-order valence-corrected chi connectivity index (χ4v) is 3.65. The van der Waals surface area contributed by atoms with E-state index >= 15 is 0 Å². The monoisotopic (exact) mass is 353 g/mol. The SMILES string of the molecule is Cc1ccc(S(=O)(=O)NCC2CC(F)(F)C2)cc1Br. The first-order valence-electron chi connectivity index (χ1n) is 5.83. The molecule has 0 aliphatic heterocycles. The third-order valence-electron chi connectivity index (χ3n) is 3.19. The molecule has 0 aromatic heterocycles. The van der Waals surface area contributed by atoms with Gasteiger partial charge in [0.2, 0.25) is 15.9 Å². The molecule has 1 aliphatic rings. The summed E-state index contributed by atoms with van der Waals surface area (Å²) in [5.74, 6) is -2.90. The van der Waals surface area contributed by atoms with E-state index < -0.39 is 15.9 Å². The van der Waals surface area contributed by atoms with E-state index in [-0.39, 0.29) is 30.2 Å². The first kappa shape index (κ1) is 14.9. The Morgan fingerprint density at radius 3 is 2.58 bits per heavy atom. The van der Waals surface area contributed by atoms with Crippen molar-refractivity contribution in [2.75, 3.05) is 6.54 Å². The number of nitrogens with one attached hydrogen (secondary N) is 1. The fourth-order valence-electron chi connectivity index (χ4n) is 1.98. The standard InChI is InChI=1S/C12H14BrF2NO2S/c1-8-2-3-10(4-11(8)13)19(17,18)16-7-9-5-12(14,15)6-9/h2-4,9,16H,5-7H2,1H3. The van der Waals surface area contributed by atoms with Crippen molar-refractivity contribution in [3.05, 3.63) is 28.2 Å². The normalized spacial score (nSPS) is 19.2. The smallest absolute Gasteiger partial charge is 0.211 e. The summed E-state index contributed by atoms with van der Waals surface area (Å²) in [4.78, 5) is 0.135. The van der Waals surface area contributed by atoms with Crippen LogP contribution in [-0.4, -0.2) is 20.9 Å². The summed E-state index contributed by atoms with van der Waals surface area (Å²) in [6.07, 6.45) is -0.486. The zero-order valence-electron chi connectivity index (χ0n) is 10.3. The lowest BCUT2D eigenvalue weighted by atomic mass is 9.82. The second-order valence-electron chi connectivity index (χ2n) is 4.89. The first-order valence-corrected chi connectivity index (χ1v) is 8.11. The van der Waals surface area contributed by atoms with E-state index in [1.165, 1.54) is 12.1 Å². The van der Waals surface area contributed by atoms with Crippen molar-refractivity contribution in [2.45, 2.75) is 30.6 Å². The zero-order valence-corrected chi connectivity index (χ0v) is 12.7. The van der Waals surface area contributed by atoms with E-state index in [4.69, 9.17) is 0 Å². The second kappa shape index (κ2) is 5.10. The van der Waals surface area contributed by atoms with Crippen molar-refractivity contribution in [3.8, 4) is 0 Å². The Morgan fingerprint density at radius 2 is 2.05 bits per heavy atom. The molecule has 1 saturated carbocycles. The molecule has 1 fully saturated rings. The van der Waals surface area contributed by atoms with Crippen LogP contribution in [0.1, 0.15) is 18.4 Å². The van der Waals surface area contributed by atoms with Gasteiger partial charge in [0.15, 0.2) is 0 Å². The molecule has 0 radical (unpaired) electrons. The van der Waals surface area contributed by atoms with E-state index in [2.05, 4.69) is 20.7 Å². The van der Waals surface area contributed by atoms with Crippen molar-refractivity contribution in [1.82, 2.24) is 4.72 Å². The van der Waals surface area contributed by atoms with Crippen LogP contribution in [-0.2, 0) is 10.0 Å². The summed E-state index contributed by atoms with van der Waals surface area (Å²) in [5, 5.41) is 0. The molecule has 19 heavy (non-hydrogen) atoms. The van der Waals surface area contributed by atoms with E-state index in [1.807, 2.05) is 6.92 Å². The van der Waals surface area contributed by atoms with Gasteiger partial charge in [-0.1, -0.05) is 22.0 Å². The minimum absolute atomic E-state index is 0.0589. The van der Waals surface area contributed by atoms with Crippen LogP contribution in [0.5, 0.6) is 0 Å². The molecule has 7 heteroatoms. The van der Waals surface area contributed by atoms with Crippen LogP contribution in [0.2, 0.25) is 0 Å². The Labute approximate surface area is 119 Å². The maximum absolute atomic E-state index is 12.6. The largest absolute Gasteiger partial charge is 0.248 e. The summed E-state index contributed by atoms with van der Waals surface area (Å²) in [7, 11) is -3.63. The molecular weight excluding hydrogens is 340 g/mol. The molecule has 0 heterocycles. The third-order valence-corrected chi connectivity index (χ3v) is 5.47. The molecule has 1 aromatic rings. The minimum Gasteiger partial charge on any atom is -0.211 e. The van der Waals surface area contributed by atoms with Gasteiger partial charge in [-0.3, -0.25) is 0 Å². The molecule has 106 valence electrons. The third kappa shape index (κ3) is 3.52. The number of hydrogen-bond donors (Lipinski definition) is 1. The van der Waals surface area contributed by atoms with Gasteiger partial charge in [0.25, 0.3) is 0 Å². The van der Waals surface area contributed by atoms with Crippen LogP contribution < -0.4 is 4.72 Å². The Kier molecular flexibility index (Phi) is 3.99. The average Bonchev–Trinajstić information content (AvgIpc) is 2.27. The Bertz CT molecular complexity index is 581. The number of rotatable bonds is 4. The van der Waals surface area contributed by atoms with Gasteiger partial charge >= 0.3 is 0 Å². The number of halogens is 3. The van der Waals surface area contributed by atoms with E-state index in [9.17, 15) is 17.2 Å². The Morgan fingerprint density at radius 1 is 1.42 bits per heavy atom. The predicted molar refractivity (Wildman–Crippen MR) is 71.7 cm³/mol. The average molecular weight is 354 g/mol. The van der Waals surface area contributed by atoms with Crippen molar-refractivity contribution < 1.29 is 17.2 Å². The molecule has 0 atom stereocenters. The molecule has 0 spiro atoms. The summed E-state index contributed by atoms with van der Waals surface area (Å²) in [6, 6.07) is 4.70. The number of aryl methyl sites for hydroxylation is 1. The molecule has 0 saturated heterocycles. The Balaban J connectivity index is 2.00. The molecule has 3 nitrogen and oxygen atoms in total. The molecule has 0 unspecified atom stereocenters. The molecule has 0 amide bonds. The second-order valence-corrected chi connectivity index (χ2v) is 7.51. The van der Waals surface area contributed by atoms with Crippen molar-refractivity contribution in [3.63, 3.8) is 0 Å². The highest BCUT2D eigenvalue weighted by atomic mass is 79.9. The van der Waals surface area contributed by atoms with Crippen LogP contribution in [0.25, 0.3) is 0 Å². The summed E-state index contributed by atoms with van der Waals surface area (Å²) in [6.45, 7) is 1.91. The van der Waals surface area contributed by atoms with Gasteiger partial charge < -0.3 is 0 Å². The molecule has 0 bridgehead atoms. The lowest BCUT2D eigenvalue weighted by Gasteiger charge is -2.34. The molecule has 1 aromatic carbocycles. The number of hydrogen-bond acceptors (Lipinski definition) is 2. The maximum Gasteiger partial charge on any atom is 0.248 e.